The van der Waals surface area contributed by atoms with Gasteiger partial charge in [0.25, 0.3) is 5.91 Å². The number of anilines is 1. The van der Waals surface area contributed by atoms with E-state index in [1.165, 1.54) is 6.07 Å². The van der Waals surface area contributed by atoms with E-state index in [0.717, 1.165) is 11.6 Å². The number of carbonyl (C=O) groups is 3. The number of rotatable bonds is 9. The molecule has 7 nitrogen and oxygen atoms in total. The fourth-order valence-electron chi connectivity index (χ4n) is 3.08. The van der Waals surface area contributed by atoms with Crippen LogP contribution in [0.25, 0.3) is 0 Å². The smallest absolute Gasteiger partial charge is 0.362 e. The monoisotopic (exact) mass is 445 g/mol. The largest absolute Gasteiger partial charge is 0.462 e. The zero-order valence-corrected chi connectivity index (χ0v) is 19.1. The standard InChI is InChI=1S/C24H29FN2O5/c1-6-31-24(30)20-13-19(25)12-16(2)22(20)26-23(29)17(3)27(4,5)14-21(28)32-15-18-10-8-7-9-11-18/h7-13,17H,6,14-15H2,1-5H3/p+1. The summed E-state index contributed by atoms with van der Waals surface area (Å²) in [6.07, 6.45) is 0. The van der Waals surface area contributed by atoms with E-state index < -0.39 is 29.7 Å². The molecule has 0 bridgehead atoms. The molecule has 2 aromatic carbocycles. The number of esters is 2. The molecule has 0 saturated heterocycles. The van der Waals surface area contributed by atoms with Gasteiger partial charge in [-0.2, -0.15) is 0 Å². The minimum absolute atomic E-state index is 0.0223. The van der Waals surface area contributed by atoms with Crippen molar-refractivity contribution in [3.05, 3.63) is 65.0 Å². The molecule has 1 atom stereocenters. The quantitative estimate of drug-likeness (QED) is 0.472. The van der Waals surface area contributed by atoms with Crippen molar-refractivity contribution in [2.45, 2.75) is 33.4 Å². The first-order chi connectivity index (χ1) is 15.0. The van der Waals surface area contributed by atoms with Crippen molar-refractivity contribution >= 4 is 23.5 Å². The van der Waals surface area contributed by atoms with Crippen LogP contribution in [0, 0.1) is 12.7 Å². The van der Waals surface area contributed by atoms with Crippen molar-refractivity contribution in [2.24, 2.45) is 0 Å². The lowest BCUT2D eigenvalue weighted by atomic mass is 10.1. The molecule has 2 rings (SSSR count). The van der Waals surface area contributed by atoms with Gasteiger partial charge in [-0.15, -0.1) is 0 Å². The Bertz CT molecular complexity index is 976. The average molecular weight is 446 g/mol. The van der Waals surface area contributed by atoms with Crippen LogP contribution in [-0.4, -0.2) is 55.6 Å². The second kappa shape index (κ2) is 10.9. The second-order valence-corrected chi connectivity index (χ2v) is 8.11. The molecule has 172 valence electrons. The topological polar surface area (TPSA) is 81.7 Å². The van der Waals surface area contributed by atoms with Crippen LogP contribution >= 0.6 is 0 Å². The molecule has 0 aliphatic heterocycles. The van der Waals surface area contributed by atoms with Crippen LogP contribution in [0.1, 0.15) is 35.3 Å². The number of ether oxygens (including phenoxy) is 2. The lowest BCUT2D eigenvalue weighted by Gasteiger charge is -2.34. The van der Waals surface area contributed by atoms with E-state index in [9.17, 15) is 18.8 Å². The Labute approximate surface area is 187 Å². The first-order valence-electron chi connectivity index (χ1n) is 10.4. The van der Waals surface area contributed by atoms with Gasteiger partial charge in [-0.05, 0) is 44.0 Å². The Balaban J connectivity index is 2.09. The zero-order chi connectivity index (χ0) is 23.9. The van der Waals surface area contributed by atoms with Crippen LogP contribution in [-0.2, 0) is 25.7 Å². The lowest BCUT2D eigenvalue weighted by molar-refractivity contribution is -0.896. The molecule has 0 radical (unpaired) electrons. The van der Waals surface area contributed by atoms with Crippen LogP contribution in [0.3, 0.4) is 0 Å². The van der Waals surface area contributed by atoms with Crippen molar-refractivity contribution in [1.29, 1.82) is 0 Å². The third kappa shape index (κ3) is 6.62. The number of nitrogens with one attached hydrogen (secondary N) is 1. The van der Waals surface area contributed by atoms with E-state index >= 15 is 0 Å². The first kappa shape index (κ1) is 25.0. The van der Waals surface area contributed by atoms with Gasteiger partial charge < -0.3 is 19.3 Å². The summed E-state index contributed by atoms with van der Waals surface area (Å²) >= 11 is 0. The number of benzene rings is 2. The highest BCUT2D eigenvalue weighted by Crippen LogP contribution is 2.24. The van der Waals surface area contributed by atoms with Crippen molar-refractivity contribution in [3.8, 4) is 0 Å². The molecule has 0 aliphatic rings. The van der Waals surface area contributed by atoms with Gasteiger partial charge in [0.05, 0.1) is 32.0 Å². The highest BCUT2D eigenvalue weighted by Gasteiger charge is 2.34. The van der Waals surface area contributed by atoms with Gasteiger partial charge in [-0.3, -0.25) is 4.79 Å². The Morgan fingerprint density at radius 3 is 2.38 bits per heavy atom. The molecule has 0 aliphatic carbocycles. The van der Waals surface area contributed by atoms with E-state index in [1.54, 1.807) is 34.9 Å². The summed E-state index contributed by atoms with van der Waals surface area (Å²) in [6, 6.07) is 10.9. The molecular formula is C24H30FN2O5+. The van der Waals surface area contributed by atoms with Gasteiger partial charge in [0, 0.05) is 0 Å². The zero-order valence-electron chi connectivity index (χ0n) is 19.1. The van der Waals surface area contributed by atoms with Gasteiger partial charge >= 0.3 is 11.9 Å². The summed E-state index contributed by atoms with van der Waals surface area (Å²) < 4.78 is 24.2. The van der Waals surface area contributed by atoms with E-state index in [-0.39, 0.29) is 35.5 Å². The van der Waals surface area contributed by atoms with E-state index in [4.69, 9.17) is 9.47 Å². The SMILES string of the molecule is CCOC(=O)c1cc(F)cc(C)c1NC(=O)C(C)[N+](C)(C)CC(=O)OCc1ccccc1. The number of hydrogen-bond donors (Lipinski definition) is 1. The number of halogens is 1. The van der Waals surface area contributed by atoms with Gasteiger partial charge in [0.1, 0.15) is 12.4 Å². The highest BCUT2D eigenvalue weighted by molar-refractivity contribution is 6.03. The second-order valence-electron chi connectivity index (χ2n) is 8.11. The molecule has 0 heterocycles. The third-order valence-electron chi connectivity index (χ3n) is 5.25. The predicted molar refractivity (Wildman–Crippen MR) is 118 cm³/mol. The van der Waals surface area contributed by atoms with Gasteiger partial charge in [0.15, 0.2) is 12.6 Å². The van der Waals surface area contributed by atoms with Crippen molar-refractivity contribution in [3.63, 3.8) is 0 Å². The third-order valence-corrected chi connectivity index (χ3v) is 5.25. The summed E-state index contributed by atoms with van der Waals surface area (Å²) in [5.74, 6) is -2.19. The summed E-state index contributed by atoms with van der Waals surface area (Å²) in [4.78, 5) is 37.6. The van der Waals surface area contributed by atoms with E-state index in [2.05, 4.69) is 5.32 Å². The van der Waals surface area contributed by atoms with Crippen LogP contribution in [0.4, 0.5) is 10.1 Å². The molecule has 1 amide bonds. The first-order valence-corrected chi connectivity index (χ1v) is 10.4. The minimum atomic E-state index is -0.726. The fourth-order valence-corrected chi connectivity index (χ4v) is 3.08. The van der Waals surface area contributed by atoms with Gasteiger partial charge in [0.2, 0.25) is 0 Å². The van der Waals surface area contributed by atoms with Crippen LogP contribution in [0.2, 0.25) is 0 Å². The van der Waals surface area contributed by atoms with Crippen molar-refractivity contribution in [1.82, 2.24) is 0 Å². The van der Waals surface area contributed by atoms with Crippen LogP contribution < -0.4 is 5.32 Å². The van der Waals surface area contributed by atoms with Gasteiger partial charge in [-0.1, -0.05) is 30.3 Å². The highest BCUT2D eigenvalue weighted by atomic mass is 19.1. The lowest BCUT2D eigenvalue weighted by Crippen LogP contribution is -2.55. The summed E-state index contributed by atoms with van der Waals surface area (Å²) in [7, 11) is 3.47. The average Bonchev–Trinajstić information content (AvgIpc) is 2.73. The summed E-state index contributed by atoms with van der Waals surface area (Å²) in [6.45, 7) is 5.14. The van der Waals surface area contributed by atoms with E-state index in [1.807, 2.05) is 30.3 Å². The normalized spacial score (nSPS) is 12.1. The number of likely N-dealkylation sites (N-methyl/N-ethyl adjacent to an activating group) is 1. The molecule has 32 heavy (non-hydrogen) atoms. The fraction of sp³-hybridized carbons (Fsp3) is 0.375. The molecular weight excluding hydrogens is 415 g/mol. The Hall–Kier alpha value is -3.26. The number of hydrogen-bond acceptors (Lipinski definition) is 5. The minimum Gasteiger partial charge on any atom is -0.462 e. The maximum atomic E-state index is 13.9. The maximum absolute atomic E-state index is 13.9. The molecule has 2 aromatic rings. The molecule has 8 heteroatoms. The summed E-state index contributed by atoms with van der Waals surface area (Å²) in [5, 5.41) is 2.71. The van der Waals surface area contributed by atoms with E-state index in [0.29, 0.717) is 5.56 Å². The Kier molecular flexibility index (Phi) is 8.48. The Morgan fingerprint density at radius 2 is 1.75 bits per heavy atom. The number of quaternary nitrogens is 1. The van der Waals surface area contributed by atoms with Crippen molar-refractivity contribution < 1.29 is 32.7 Å². The number of carbonyl (C=O) groups excluding carboxylic acids is 3. The maximum Gasteiger partial charge on any atom is 0.362 e. The van der Waals surface area contributed by atoms with Crippen LogP contribution in [0.15, 0.2) is 42.5 Å². The van der Waals surface area contributed by atoms with Crippen LogP contribution in [0.5, 0.6) is 0 Å². The summed E-state index contributed by atoms with van der Waals surface area (Å²) in [5.41, 5.74) is 1.39. The predicted octanol–water partition coefficient (Wildman–Crippen LogP) is 3.46. The number of aryl methyl sites for hydroxylation is 1. The van der Waals surface area contributed by atoms with Gasteiger partial charge in [-0.25, -0.2) is 14.0 Å². The number of amides is 1. The Morgan fingerprint density at radius 1 is 1.09 bits per heavy atom. The molecule has 1 unspecified atom stereocenters. The van der Waals surface area contributed by atoms with Crippen molar-refractivity contribution in [2.75, 3.05) is 32.6 Å². The number of nitrogens with zero attached hydrogens (tertiary/aromatic N) is 1. The molecule has 1 N–H and O–H groups in total. The molecule has 0 fully saturated rings. The molecule has 0 saturated carbocycles. The molecule has 0 spiro atoms. The molecule has 0 aromatic heterocycles.